The molecule has 0 fully saturated rings. The summed E-state index contributed by atoms with van der Waals surface area (Å²) in [5.74, 6) is -0.850. The van der Waals surface area contributed by atoms with Crippen LogP contribution in [0, 0.1) is 0 Å². The van der Waals surface area contributed by atoms with Crippen LogP contribution in [0.1, 0.15) is 303 Å². The third-order valence-corrected chi connectivity index (χ3v) is 12.3. The summed E-state index contributed by atoms with van der Waals surface area (Å²) in [6.07, 6.45) is 56.2. The smallest absolute Gasteiger partial charge is 0.306 e. The molecule has 0 unspecified atom stereocenters. The zero-order valence-corrected chi connectivity index (χ0v) is 41.2. The lowest BCUT2D eigenvalue weighted by molar-refractivity contribution is -0.167. The number of carbonyl (C=O) groups is 3. The van der Waals surface area contributed by atoms with Gasteiger partial charge in [-0.3, -0.25) is 14.4 Å². The Balaban J connectivity index is 4.32. The summed E-state index contributed by atoms with van der Waals surface area (Å²) in [6, 6.07) is 0. The normalized spacial score (nSPS) is 12.0. The molecule has 0 saturated heterocycles. The maximum Gasteiger partial charge on any atom is 0.306 e. The van der Waals surface area contributed by atoms with Gasteiger partial charge in [0.05, 0.1) is 0 Å². The number of hydrogen-bond donors (Lipinski definition) is 0. The van der Waals surface area contributed by atoms with E-state index in [1.807, 2.05) is 0 Å². The Morgan fingerprint density at radius 3 is 0.836 bits per heavy atom. The van der Waals surface area contributed by atoms with Crippen LogP contribution < -0.4 is 0 Å². The third-order valence-electron chi connectivity index (χ3n) is 12.3. The molecule has 6 nitrogen and oxygen atoms in total. The molecule has 1 atom stereocenters. The SMILES string of the molecule is CCCCCC/C=C/CCCCCCCCCC(=O)OC[C@@H](COC(=O)CCCCCCCCCCCCCCC)OC(=O)CCCCCCCCCCCCCCCCC. The van der Waals surface area contributed by atoms with E-state index in [2.05, 4.69) is 32.9 Å². The van der Waals surface area contributed by atoms with Gasteiger partial charge in [0, 0.05) is 19.3 Å². The van der Waals surface area contributed by atoms with Crippen molar-refractivity contribution >= 4 is 17.9 Å². The quantitative estimate of drug-likeness (QED) is 0.0262. The molecule has 0 aromatic rings. The van der Waals surface area contributed by atoms with Crippen molar-refractivity contribution < 1.29 is 28.6 Å². The fourth-order valence-electron chi connectivity index (χ4n) is 8.14. The summed E-state index contributed by atoms with van der Waals surface area (Å²) >= 11 is 0. The molecule has 0 aliphatic heterocycles. The van der Waals surface area contributed by atoms with Gasteiger partial charge in [-0.1, -0.05) is 251 Å². The van der Waals surface area contributed by atoms with E-state index in [1.54, 1.807) is 0 Å². The van der Waals surface area contributed by atoms with Crippen LogP contribution in [-0.4, -0.2) is 37.2 Å². The van der Waals surface area contributed by atoms with Gasteiger partial charge in [-0.15, -0.1) is 0 Å². The summed E-state index contributed by atoms with van der Waals surface area (Å²) in [6.45, 7) is 6.67. The molecule has 0 saturated carbocycles. The summed E-state index contributed by atoms with van der Waals surface area (Å²) in [5, 5.41) is 0. The van der Waals surface area contributed by atoms with Gasteiger partial charge in [0.15, 0.2) is 6.10 Å². The van der Waals surface area contributed by atoms with Crippen molar-refractivity contribution in [2.75, 3.05) is 13.2 Å². The Labute approximate surface area is 380 Å². The molecule has 6 heteroatoms. The van der Waals surface area contributed by atoms with Gasteiger partial charge < -0.3 is 14.2 Å². The van der Waals surface area contributed by atoms with Gasteiger partial charge in [-0.2, -0.15) is 0 Å². The van der Waals surface area contributed by atoms with Gasteiger partial charge >= 0.3 is 17.9 Å². The highest BCUT2D eigenvalue weighted by atomic mass is 16.6. The van der Waals surface area contributed by atoms with Gasteiger partial charge in [0.2, 0.25) is 0 Å². The first kappa shape index (κ1) is 59.1. The maximum atomic E-state index is 12.8. The molecular formula is C55H104O6. The molecule has 0 aromatic heterocycles. The van der Waals surface area contributed by atoms with Crippen molar-refractivity contribution in [1.29, 1.82) is 0 Å². The average molecular weight is 861 g/mol. The van der Waals surface area contributed by atoms with Crippen LogP contribution >= 0.6 is 0 Å². The second-order valence-electron chi connectivity index (χ2n) is 18.5. The maximum absolute atomic E-state index is 12.8. The Morgan fingerprint density at radius 1 is 0.311 bits per heavy atom. The Hall–Kier alpha value is -1.85. The molecule has 0 bridgehead atoms. The zero-order valence-electron chi connectivity index (χ0n) is 41.2. The van der Waals surface area contributed by atoms with Crippen molar-refractivity contribution in [2.24, 2.45) is 0 Å². The number of ether oxygens (including phenoxy) is 3. The lowest BCUT2D eigenvalue weighted by atomic mass is 10.0. The Morgan fingerprint density at radius 2 is 0.541 bits per heavy atom. The third kappa shape index (κ3) is 49.0. The van der Waals surface area contributed by atoms with E-state index >= 15 is 0 Å². The molecule has 0 radical (unpaired) electrons. The first-order valence-corrected chi connectivity index (χ1v) is 27.2. The number of carbonyl (C=O) groups excluding carboxylic acids is 3. The number of hydrogen-bond acceptors (Lipinski definition) is 6. The van der Waals surface area contributed by atoms with E-state index in [-0.39, 0.29) is 31.1 Å². The van der Waals surface area contributed by atoms with E-state index in [1.165, 1.54) is 205 Å². The van der Waals surface area contributed by atoms with Crippen LogP contribution in [-0.2, 0) is 28.6 Å². The lowest BCUT2D eigenvalue weighted by Crippen LogP contribution is -2.30. The van der Waals surface area contributed by atoms with Crippen molar-refractivity contribution in [3.63, 3.8) is 0 Å². The second-order valence-corrected chi connectivity index (χ2v) is 18.5. The van der Waals surface area contributed by atoms with Crippen molar-refractivity contribution in [2.45, 2.75) is 309 Å². The predicted molar refractivity (Wildman–Crippen MR) is 261 cm³/mol. The predicted octanol–water partition coefficient (Wildman–Crippen LogP) is 17.8. The highest BCUT2D eigenvalue weighted by Gasteiger charge is 2.19. The Bertz CT molecular complexity index is 947. The molecular weight excluding hydrogens is 757 g/mol. The topological polar surface area (TPSA) is 78.9 Å². The van der Waals surface area contributed by atoms with Gasteiger partial charge in [-0.25, -0.2) is 0 Å². The average Bonchev–Trinajstić information content (AvgIpc) is 3.26. The zero-order chi connectivity index (χ0) is 44.4. The van der Waals surface area contributed by atoms with Crippen LogP contribution in [0.2, 0.25) is 0 Å². The monoisotopic (exact) mass is 861 g/mol. The minimum atomic E-state index is -0.765. The summed E-state index contributed by atoms with van der Waals surface area (Å²) in [5.41, 5.74) is 0. The van der Waals surface area contributed by atoms with Crippen molar-refractivity contribution in [3.05, 3.63) is 12.2 Å². The highest BCUT2D eigenvalue weighted by molar-refractivity contribution is 5.71. The summed E-state index contributed by atoms with van der Waals surface area (Å²) in [7, 11) is 0. The molecule has 0 amide bonds. The molecule has 0 aliphatic rings. The molecule has 61 heavy (non-hydrogen) atoms. The van der Waals surface area contributed by atoms with Crippen molar-refractivity contribution in [3.8, 4) is 0 Å². The minimum Gasteiger partial charge on any atom is -0.462 e. The summed E-state index contributed by atoms with van der Waals surface area (Å²) < 4.78 is 16.8. The molecule has 0 heterocycles. The molecule has 0 spiro atoms. The van der Waals surface area contributed by atoms with Gasteiger partial charge in [0.25, 0.3) is 0 Å². The fraction of sp³-hybridized carbons (Fsp3) is 0.909. The van der Waals surface area contributed by atoms with E-state index < -0.39 is 6.10 Å². The van der Waals surface area contributed by atoms with Crippen LogP contribution in [0.25, 0.3) is 0 Å². The van der Waals surface area contributed by atoms with Gasteiger partial charge in [0.1, 0.15) is 13.2 Å². The van der Waals surface area contributed by atoms with Crippen LogP contribution in [0.15, 0.2) is 12.2 Å². The molecule has 0 rings (SSSR count). The first-order valence-electron chi connectivity index (χ1n) is 27.2. The fourth-order valence-corrected chi connectivity index (χ4v) is 8.14. The summed E-state index contributed by atoms with van der Waals surface area (Å²) in [4.78, 5) is 38.0. The van der Waals surface area contributed by atoms with Crippen LogP contribution in [0.4, 0.5) is 0 Å². The van der Waals surface area contributed by atoms with E-state index in [9.17, 15) is 14.4 Å². The largest absolute Gasteiger partial charge is 0.462 e. The second kappa shape index (κ2) is 50.8. The number of esters is 3. The van der Waals surface area contributed by atoms with Gasteiger partial charge in [-0.05, 0) is 44.9 Å². The van der Waals surface area contributed by atoms with Crippen molar-refractivity contribution in [1.82, 2.24) is 0 Å². The highest BCUT2D eigenvalue weighted by Crippen LogP contribution is 2.17. The first-order chi connectivity index (χ1) is 30.0. The standard InChI is InChI=1S/C55H104O6/c1-4-7-10-13-16-19-22-25-27-30-33-36-39-42-45-48-54(57)60-51-52(50-59-53(56)47-44-41-38-35-32-29-24-21-18-15-12-9-6-3)61-55(58)49-46-43-40-37-34-31-28-26-23-20-17-14-11-8-5-2/h19,22,52H,4-18,20-21,23-51H2,1-3H3/b22-19+/t52-/m1/s1. The van der Waals surface area contributed by atoms with E-state index in [4.69, 9.17) is 14.2 Å². The van der Waals surface area contributed by atoms with E-state index in [0.717, 1.165) is 57.8 Å². The van der Waals surface area contributed by atoms with Crippen LogP contribution in [0.3, 0.4) is 0 Å². The van der Waals surface area contributed by atoms with E-state index in [0.29, 0.717) is 19.3 Å². The molecule has 360 valence electrons. The molecule has 0 aliphatic carbocycles. The number of unbranched alkanes of at least 4 members (excludes halogenated alkanes) is 37. The minimum absolute atomic E-state index is 0.0656. The Kier molecular flexibility index (Phi) is 49.3. The number of allylic oxidation sites excluding steroid dienone is 2. The lowest BCUT2D eigenvalue weighted by Gasteiger charge is -2.18. The van der Waals surface area contributed by atoms with Crippen LogP contribution in [0.5, 0.6) is 0 Å². The molecule has 0 N–H and O–H groups in total. The molecule has 0 aromatic carbocycles. The number of rotatable bonds is 50.